The maximum atomic E-state index is 12.3. The molecule has 1 amide bonds. The van der Waals surface area contributed by atoms with Crippen LogP contribution in [0.3, 0.4) is 0 Å². The molecule has 0 heterocycles. The van der Waals surface area contributed by atoms with Gasteiger partial charge in [0, 0.05) is 13.2 Å². The molecule has 1 aromatic carbocycles. The Bertz CT molecular complexity index is 528. The zero-order chi connectivity index (χ0) is 17.4. The van der Waals surface area contributed by atoms with Crippen molar-refractivity contribution in [2.45, 2.75) is 71.5 Å². The summed E-state index contributed by atoms with van der Waals surface area (Å²) in [6.07, 6.45) is 6.07. The Labute approximate surface area is 145 Å². The third-order valence-corrected chi connectivity index (χ3v) is 4.33. The van der Waals surface area contributed by atoms with E-state index in [9.17, 15) is 4.79 Å². The van der Waals surface area contributed by atoms with Crippen LogP contribution in [0.1, 0.15) is 57.6 Å². The maximum Gasteiger partial charge on any atom is 0.261 e. The highest BCUT2D eigenvalue weighted by Crippen LogP contribution is 2.26. The van der Waals surface area contributed by atoms with Gasteiger partial charge in [-0.05, 0) is 75.6 Å². The molecule has 0 spiro atoms. The highest BCUT2D eigenvalue weighted by atomic mass is 16.5. The van der Waals surface area contributed by atoms with Gasteiger partial charge in [0.15, 0.2) is 6.10 Å². The second kappa shape index (κ2) is 9.67. The lowest BCUT2D eigenvalue weighted by Crippen LogP contribution is -2.38. The maximum absolute atomic E-state index is 12.3. The van der Waals surface area contributed by atoms with Crippen LogP contribution in [0.2, 0.25) is 0 Å². The monoisotopic (exact) mass is 333 g/mol. The number of ether oxygens (including phenoxy) is 2. The van der Waals surface area contributed by atoms with Crippen molar-refractivity contribution in [2.75, 3.05) is 13.2 Å². The van der Waals surface area contributed by atoms with Crippen LogP contribution >= 0.6 is 0 Å². The molecule has 1 aliphatic carbocycles. The van der Waals surface area contributed by atoms with Gasteiger partial charge in [0.25, 0.3) is 5.91 Å². The minimum Gasteiger partial charge on any atom is -0.481 e. The number of hydrogen-bond donors (Lipinski definition) is 1. The largest absolute Gasteiger partial charge is 0.481 e. The Hall–Kier alpha value is -1.55. The van der Waals surface area contributed by atoms with E-state index in [0.717, 1.165) is 25.0 Å². The first-order chi connectivity index (χ1) is 11.6. The van der Waals surface area contributed by atoms with E-state index in [-0.39, 0.29) is 12.0 Å². The van der Waals surface area contributed by atoms with Crippen LogP contribution in [-0.4, -0.2) is 31.3 Å². The van der Waals surface area contributed by atoms with E-state index in [1.807, 2.05) is 26.8 Å². The van der Waals surface area contributed by atoms with Gasteiger partial charge >= 0.3 is 0 Å². The molecule has 1 N–H and O–H groups in total. The van der Waals surface area contributed by atoms with E-state index < -0.39 is 6.10 Å². The molecule has 0 radical (unpaired) electrons. The first kappa shape index (κ1) is 18.8. The SMILES string of the molecule is CCC(Oc1ccc2c(c1)CCCC2)C(=O)NCCCOC(C)C. The first-order valence-corrected chi connectivity index (χ1v) is 9.28. The Morgan fingerprint density at radius 3 is 2.67 bits per heavy atom. The third kappa shape index (κ3) is 5.82. The molecule has 1 unspecified atom stereocenters. The number of fused-ring (bicyclic) bond motifs is 1. The molecule has 2 rings (SSSR count). The lowest BCUT2D eigenvalue weighted by Gasteiger charge is -2.20. The summed E-state index contributed by atoms with van der Waals surface area (Å²) in [5.74, 6) is 0.764. The van der Waals surface area contributed by atoms with E-state index >= 15 is 0 Å². The fourth-order valence-electron chi connectivity index (χ4n) is 2.99. The van der Waals surface area contributed by atoms with Crippen molar-refractivity contribution in [3.05, 3.63) is 29.3 Å². The van der Waals surface area contributed by atoms with Crippen molar-refractivity contribution in [3.8, 4) is 5.75 Å². The van der Waals surface area contributed by atoms with Crippen LogP contribution in [0.15, 0.2) is 18.2 Å². The van der Waals surface area contributed by atoms with E-state index in [1.165, 1.54) is 24.0 Å². The Kier molecular flexibility index (Phi) is 7.57. The summed E-state index contributed by atoms with van der Waals surface area (Å²) in [6.45, 7) is 7.29. The van der Waals surface area contributed by atoms with Gasteiger partial charge in [-0.1, -0.05) is 13.0 Å². The molecule has 0 fully saturated rings. The number of nitrogens with one attached hydrogen (secondary N) is 1. The van der Waals surface area contributed by atoms with Crippen LogP contribution in [0, 0.1) is 0 Å². The molecule has 134 valence electrons. The number of amides is 1. The Morgan fingerprint density at radius 1 is 1.21 bits per heavy atom. The zero-order valence-corrected chi connectivity index (χ0v) is 15.3. The highest BCUT2D eigenvalue weighted by Gasteiger charge is 2.19. The predicted molar refractivity (Wildman–Crippen MR) is 96.5 cm³/mol. The van der Waals surface area contributed by atoms with E-state index in [1.54, 1.807) is 0 Å². The molecular weight excluding hydrogens is 302 g/mol. The van der Waals surface area contributed by atoms with Crippen LogP contribution in [0.25, 0.3) is 0 Å². The summed E-state index contributed by atoms with van der Waals surface area (Å²) in [4.78, 5) is 12.3. The Balaban J connectivity index is 1.81. The molecule has 1 atom stereocenters. The number of hydrogen-bond acceptors (Lipinski definition) is 3. The van der Waals surface area contributed by atoms with Crippen LogP contribution in [-0.2, 0) is 22.4 Å². The fourth-order valence-corrected chi connectivity index (χ4v) is 2.99. The third-order valence-electron chi connectivity index (χ3n) is 4.33. The van der Waals surface area contributed by atoms with Crippen molar-refractivity contribution in [1.29, 1.82) is 0 Å². The lowest BCUT2D eigenvalue weighted by molar-refractivity contribution is -0.128. The van der Waals surface area contributed by atoms with Gasteiger partial charge in [0.2, 0.25) is 0 Å². The van der Waals surface area contributed by atoms with Gasteiger partial charge in [-0.25, -0.2) is 0 Å². The minimum absolute atomic E-state index is 0.0419. The summed E-state index contributed by atoms with van der Waals surface area (Å²) < 4.78 is 11.4. The normalized spacial score (nSPS) is 15.0. The standard InChI is InChI=1S/C20H31NO3/c1-4-19(20(22)21-12-7-13-23-15(2)3)24-18-11-10-16-8-5-6-9-17(16)14-18/h10-11,14-15,19H,4-9,12-13H2,1-3H3,(H,21,22). The highest BCUT2D eigenvalue weighted by molar-refractivity contribution is 5.81. The summed E-state index contributed by atoms with van der Waals surface area (Å²) in [5.41, 5.74) is 2.80. The number of rotatable bonds is 9. The Morgan fingerprint density at radius 2 is 1.96 bits per heavy atom. The summed E-state index contributed by atoms with van der Waals surface area (Å²) in [5, 5.41) is 2.95. The van der Waals surface area contributed by atoms with Gasteiger partial charge in [-0.2, -0.15) is 0 Å². The summed E-state index contributed by atoms with van der Waals surface area (Å²) in [6, 6.07) is 6.26. The molecule has 0 aliphatic heterocycles. The predicted octanol–water partition coefficient (Wildman–Crippen LogP) is 3.65. The van der Waals surface area contributed by atoms with Gasteiger partial charge in [0.05, 0.1) is 6.10 Å². The second-order valence-electron chi connectivity index (χ2n) is 6.72. The van der Waals surface area contributed by atoms with Crippen LogP contribution < -0.4 is 10.1 Å². The van der Waals surface area contributed by atoms with E-state index in [2.05, 4.69) is 17.4 Å². The number of carbonyl (C=O) groups excluding carboxylic acids is 1. The molecule has 0 bridgehead atoms. The van der Waals surface area contributed by atoms with Crippen molar-refractivity contribution < 1.29 is 14.3 Å². The minimum atomic E-state index is -0.433. The first-order valence-electron chi connectivity index (χ1n) is 9.28. The quantitative estimate of drug-likeness (QED) is 0.702. The number of benzene rings is 1. The van der Waals surface area contributed by atoms with E-state index in [4.69, 9.17) is 9.47 Å². The summed E-state index contributed by atoms with van der Waals surface area (Å²) in [7, 11) is 0. The van der Waals surface area contributed by atoms with Crippen LogP contribution in [0.5, 0.6) is 5.75 Å². The number of aryl methyl sites for hydroxylation is 2. The van der Waals surface area contributed by atoms with Crippen molar-refractivity contribution in [3.63, 3.8) is 0 Å². The zero-order valence-electron chi connectivity index (χ0n) is 15.3. The van der Waals surface area contributed by atoms with Crippen LogP contribution in [0.4, 0.5) is 0 Å². The topological polar surface area (TPSA) is 47.6 Å². The average Bonchev–Trinajstić information content (AvgIpc) is 2.58. The second-order valence-corrected chi connectivity index (χ2v) is 6.72. The van der Waals surface area contributed by atoms with Gasteiger partial charge in [0.1, 0.15) is 5.75 Å². The number of carbonyl (C=O) groups is 1. The van der Waals surface area contributed by atoms with Crippen molar-refractivity contribution in [1.82, 2.24) is 5.32 Å². The van der Waals surface area contributed by atoms with Crippen molar-refractivity contribution >= 4 is 5.91 Å². The van der Waals surface area contributed by atoms with Gasteiger partial charge in [-0.3, -0.25) is 4.79 Å². The smallest absolute Gasteiger partial charge is 0.261 e. The fraction of sp³-hybridized carbons (Fsp3) is 0.650. The molecule has 0 saturated heterocycles. The molecule has 1 aliphatic rings. The molecule has 0 aromatic heterocycles. The molecule has 24 heavy (non-hydrogen) atoms. The lowest BCUT2D eigenvalue weighted by atomic mass is 9.92. The van der Waals surface area contributed by atoms with Gasteiger partial charge < -0.3 is 14.8 Å². The molecular formula is C20H31NO3. The molecule has 0 saturated carbocycles. The molecule has 1 aromatic rings. The van der Waals surface area contributed by atoms with E-state index in [0.29, 0.717) is 19.6 Å². The average molecular weight is 333 g/mol. The van der Waals surface area contributed by atoms with Gasteiger partial charge in [-0.15, -0.1) is 0 Å². The molecule has 4 nitrogen and oxygen atoms in total. The summed E-state index contributed by atoms with van der Waals surface area (Å²) >= 11 is 0. The van der Waals surface area contributed by atoms with Crippen molar-refractivity contribution in [2.24, 2.45) is 0 Å². The molecule has 4 heteroatoms.